The maximum absolute atomic E-state index is 5.26. The first-order valence-electron chi connectivity index (χ1n) is 19.1. The minimum absolute atomic E-state index is 0.645. The Bertz CT molecular complexity index is 3450. The molecule has 0 aliphatic carbocycles. The fraction of sp³-hybridized carbons (Fsp3) is 0. The van der Waals surface area contributed by atoms with Gasteiger partial charge in [-0.3, -0.25) is 0 Å². The summed E-state index contributed by atoms with van der Waals surface area (Å²) < 4.78 is 7.24. The Morgan fingerprint density at radius 3 is 1.40 bits per heavy atom. The zero-order chi connectivity index (χ0) is 37.5. The van der Waals surface area contributed by atoms with Crippen molar-refractivity contribution >= 4 is 75.1 Å². The van der Waals surface area contributed by atoms with E-state index in [1.165, 1.54) is 47.4 Å². The highest BCUT2D eigenvalue weighted by Gasteiger charge is 2.22. The predicted molar refractivity (Wildman–Crippen MR) is 238 cm³/mol. The van der Waals surface area contributed by atoms with Gasteiger partial charge in [-0.15, -0.1) is 11.3 Å². The maximum atomic E-state index is 5.26. The summed E-state index contributed by atoms with van der Waals surface area (Å²) in [5.41, 5.74) is 9.75. The van der Waals surface area contributed by atoms with Crippen molar-refractivity contribution < 1.29 is 0 Å². The lowest BCUT2D eigenvalue weighted by molar-refractivity contribution is 1.07. The van der Waals surface area contributed by atoms with E-state index in [4.69, 9.17) is 15.0 Å². The van der Waals surface area contributed by atoms with E-state index in [1.54, 1.807) is 0 Å². The van der Waals surface area contributed by atoms with Gasteiger partial charge in [-0.2, -0.15) is 0 Å². The van der Waals surface area contributed by atoms with Gasteiger partial charge in [0.25, 0.3) is 0 Å². The van der Waals surface area contributed by atoms with Gasteiger partial charge in [-0.1, -0.05) is 133 Å². The van der Waals surface area contributed by atoms with Crippen LogP contribution in [0.3, 0.4) is 0 Å². The van der Waals surface area contributed by atoms with E-state index in [2.05, 4.69) is 161 Å². The average Bonchev–Trinajstić information content (AvgIpc) is 3.93. The molecular weight excluding hydrogens is 715 g/mol. The zero-order valence-corrected chi connectivity index (χ0v) is 31.4. The number of fused-ring (bicyclic) bond motifs is 9. The summed E-state index contributed by atoms with van der Waals surface area (Å²) in [6.45, 7) is 0. The molecule has 8 aromatic carbocycles. The molecule has 12 rings (SSSR count). The molecule has 6 heteroatoms. The molecule has 57 heavy (non-hydrogen) atoms. The Morgan fingerprint density at radius 1 is 0.333 bits per heavy atom. The van der Waals surface area contributed by atoms with Gasteiger partial charge in [0.2, 0.25) is 0 Å². The third kappa shape index (κ3) is 4.98. The van der Waals surface area contributed by atoms with E-state index < -0.39 is 0 Å². The second-order valence-electron chi connectivity index (χ2n) is 14.4. The maximum Gasteiger partial charge on any atom is 0.164 e. The lowest BCUT2D eigenvalue weighted by Gasteiger charge is -2.13. The first-order chi connectivity index (χ1) is 28.3. The lowest BCUT2D eigenvalue weighted by Crippen LogP contribution is -2.01. The fourth-order valence-electron chi connectivity index (χ4n) is 8.64. The second kappa shape index (κ2) is 12.6. The summed E-state index contributed by atoms with van der Waals surface area (Å²) >= 11 is 1.81. The van der Waals surface area contributed by atoms with Crippen LogP contribution in [0, 0.1) is 0 Å². The van der Waals surface area contributed by atoms with Crippen molar-refractivity contribution in [2.75, 3.05) is 0 Å². The minimum atomic E-state index is 0.645. The Balaban J connectivity index is 1.19. The van der Waals surface area contributed by atoms with Crippen LogP contribution in [0.4, 0.5) is 0 Å². The molecule has 0 fully saturated rings. The molecule has 0 bridgehead atoms. The average molecular weight is 746 g/mol. The number of rotatable bonds is 5. The topological polar surface area (TPSA) is 48.5 Å². The van der Waals surface area contributed by atoms with E-state index in [0.717, 1.165) is 44.5 Å². The molecule has 0 amide bonds. The zero-order valence-electron chi connectivity index (χ0n) is 30.5. The Labute approximate surface area is 331 Å². The van der Waals surface area contributed by atoms with Crippen LogP contribution in [0.2, 0.25) is 0 Å². The molecule has 0 unspecified atom stereocenters. The van der Waals surface area contributed by atoms with Gasteiger partial charge in [0.05, 0.1) is 22.1 Å². The number of para-hydroxylation sites is 3. The summed E-state index contributed by atoms with van der Waals surface area (Å²) in [7, 11) is 0. The SMILES string of the molecule is c1ccc(-c2nc(-c3ccccc3)nc(-c3cc(-n4c5ccccc5c5cc6c(cc54)c4ccccc4n6-c4ccccc4)cc4sc5ccccc5c34)n2)cc1. The molecule has 266 valence electrons. The molecule has 4 aromatic heterocycles. The molecule has 0 aliphatic rings. The monoisotopic (exact) mass is 745 g/mol. The van der Waals surface area contributed by atoms with Crippen LogP contribution in [-0.2, 0) is 0 Å². The molecule has 0 spiro atoms. The van der Waals surface area contributed by atoms with Crippen molar-refractivity contribution in [3.05, 3.63) is 188 Å². The van der Waals surface area contributed by atoms with Gasteiger partial charge in [0.1, 0.15) is 0 Å². The van der Waals surface area contributed by atoms with Crippen LogP contribution in [-0.4, -0.2) is 24.1 Å². The van der Waals surface area contributed by atoms with Gasteiger partial charge in [-0.25, -0.2) is 15.0 Å². The molecule has 5 nitrogen and oxygen atoms in total. The highest BCUT2D eigenvalue weighted by molar-refractivity contribution is 7.26. The summed E-state index contributed by atoms with van der Waals surface area (Å²) in [4.78, 5) is 15.6. The van der Waals surface area contributed by atoms with Crippen molar-refractivity contribution in [3.8, 4) is 45.5 Å². The molecule has 0 aliphatic heterocycles. The van der Waals surface area contributed by atoms with E-state index >= 15 is 0 Å². The van der Waals surface area contributed by atoms with Gasteiger partial charge >= 0.3 is 0 Å². The Hall–Kier alpha value is -7.41. The van der Waals surface area contributed by atoms with Crippen LogP contribution in [0.5, 0.6) is 0 Å². The van der Waals surface area contributed by atoms with Gasteiger partial charge < -0.3 is 9.13 Å². The highest BCUT2D eigenvalue weighted by atomic mass is 32.1. The number of hydrogen-bond acceptors (Lipinski definition) is 4. The summed E-state index contributed by atoms with van der Waals surface area (Å²) in [5, 5.41) is 7.19. The van der Waals surface area contributed by atoms with Gasteiger partial charge in [0, 0.05) is 69.8 Å². The van der Waals surface area contributed by atoms with E-state index in [0.29, 0.717) is 17.5 Å². The summed E-state index contributed by atoms with van der Waals surface area (Å²) in [5.74, 6) is 1.94. The van der Waals surface area contributed by atoms with Crippen LogP contribution in [0.25, 0.3) is 109 Å². The second-order valence-corrected chi connectivity index (χ2v) is 15.5. The highest BCUT2D eigenvalue weighted by Crippen LogP contribution is 2.44. The lowest BCUT2D eigenvalue weighted by atomic mass is 10.0. The molecule has 0 saturated carbocycles. The van der Waals surface area contributed by atoms with Crippen molar-refractivity contribution in [2.45, 2.75) is 0 Å². The van der Waals surface area contributed by atoms with Crippen LogP contribution in [0.1, 0.15) is 0 Å². The molecule has 0 saturated heterocycles. The minimum Gasteiger partial charge on any atom is -0.309 e. The summed E-state index contributed by atoms with van der Waals surface area (Å²) in [6, 6.07) is 66.7. The predicted octanol–water partition coefficient (Wildman–Crippen LogP) is 13.4. The largest absolute Gasteiger partial charge is 0.309 e. The molecule has 12 aromatic rings. The smallest absolute Gasteiger partial charge is 0.164 e. The van der Waals surface area contributed by atoms with Crippen molar-refractivity contribution in [2.24, 2.45) is 0 Å². The standard InChI is InChI=1S/C51H31N5S/c1-4-16-32(17-5-1)49-52-50(33-18-6-2-7-19-33)54-51(53-49)41-28-35(29-47-48(41)38-24-12-15-27-46(38)57-47)56-43-26-14-11-23-37(43)40-30-44-39(31-45(40)56)36-22-10-13-25-42(36)55(44)34-20-8-3-9-21-34/h1-31H. The van der Waals surface area contributed by atoms with E-state index in [1.807, 2.05) is 47.7 Å². The molecule has 0 radical (unpaired) electrons. The number of benzene rings is 8. The van der Waals surface area contributed by atoms with Crippen molar-refractivity contribution in [3.63, 3.8) is 0 Å². The Kier molecular flexibility index (Phi) is 7.03. The number of nitrogens with zero attached hydrogens (tertiary/aromatic N) is 5. The quantitative estimate of drug-likeness (QED) is 0.176. The van der Waals surface area contributed by atoms with E-state index in [9.17, 15) is 0 Å². The molecule has 4 heterocycles. The van der Waals surface area contributed by atoms with Crippen LogP contribution in [0.15, 0.2) is 188 Å². The number of thiophene rings is 1. The third-order valence-electron chi connectivity index (χ3n) is 11.1. The van der Waals surface area contributed by atoms with Gasteiger partial charge in [0.15, 0.2) is 17.5 Å². The van der Waals surface area contributed by atoms with Crippen molar-refractivity contribution in [1.82, 2.24) is 24.1 Å². The molecular formula is C51H31N5S. The summed E-state index contributed by atoms with van der Waals surface area (Å²) in [6.07, 6.45) is 0. The first-order valence-corrected chi connectivity index (χ1v) is 19.9. The number of hydrogen-bond donors (Lipinski definition) is 0. The normalized spacial score (nSPS) is 11.9. The molecule has 0 N–H and O–H groups in total. The first kappa shape index (κ1) is 31.9. The van der Waals surface area contributed by atoms with Gasteiger partial charge in [-0.05, 0) is 54.6 Å². The Morgan fingerprint density at radius 2 is 0.807 bits per heavy atom. The van der Waals surface area contributed by atoms with E-state index in [-0.39, 0.29) is 0 Å². The fourth-order valence-corrected chi connectivity index (χ4v) is 9.80. The van der Waals surface area contributed by atoms with Crippen LogP contribution < -0.4 is 0 Å². The third-order valence-corrected chi connectivity index (χ3v) is 12.3. The molecule has 0 atom stereocenters. The van der Waals surface area contributed by atoms with Crippen LogP contribution >= 0.6 is 11.3 Å². The van der Waals surface area contributed by atoms with Crippen molar-refractivity contribution in [1.29, 1.82) is 0 Å². The number of aromatic nitrogens is 5.